The maximum atomic E-state index is 13.1. The van der Waals surface area contributed by atoms with E-state index in [1.54, 1.807) is 0 Å². The van der Waals surface area contributed by atoms with E-state index in [4.69, 9.17) is 23.7 Å². The summed E-state index contributed by atoms with van der Waals surface area (Å²) in [5.74, 6) is -3.32. The number of rotatable bonds is 45. The van der Waals surface area contributed by atoms with Crippen LogP contribution in [-0.2, 0) is 42.9 Å². The lowest BCUT2D eigenvalue weighted by atomic mass is 9.98. The quantitative estimate of drug-likeness (QED) is 0.0228. The number of carboxylic acids is 1. The van der Waals surface area contributed by atoms with E-state index >= 15 is 0 Å². The molecule has 0 aromatic carbocycles. The third kappa shape index (κ3) is 39.9. The summed E-state index contributed by atoms with van der Waals surface area (Å²) in [5, 5.41) is 31.4. The molecule has 0 aromatic rings. The fourth-order valence-corrected chi connectivity index (χ4v) is 7.44. The van der Waals surface area contributed by atoms with Crippen LogP contribution in [0.3, 0.4) is 0 Å². The molecule has 420 valence electrons. The van der Waals surface area contributed by atoms with Crippen LogP contribution in [0.15, 0.2) is 134 Å². The molecule has 6 unspecified atom stereocenters. The Balaban J connectivity index is 2.77. The molecule has 12 nitrogen and oxygen atoms in total. The summed E-state index contributed by atoms with van der Waals surface area (Å²) >= 11 is 0. The zero-order valence-corrected chi connectivity index (χ0v) is 46.0. The lowest BCUT2D eigenvalue weighted by molar-refractivity contribution is -0.301. The Morgan fingerprint density at radius 1 is 0.453 bits per heavy atom. The van der Waals surface area contributed by atoms with E-state index in [0.29, 0.717) is 25.7 Å². The Kier molecular flexibility index (Phi) is 45.0. The molecule has 0 radical (unpaired) electrons. The van der Waals surface area contributed by atoms with Gasteiger partial charge in [0.05, 0.1) is 6.61 Å². The van der Waals surface area contributed by atoms with E-state index in [2.05, 4.69) is 142 Å². The first-order chi connectivity index (χ1) is 36.6. The average molecular weight is 1050 g/mol. The highest BCUT2D eigenvalue weighted by Gasteiger charge is 2.50. The van der Waals surface area contributed by atoms with Gasteiger partial charge in [0, 0.05) is 19.3 Å². The van der Waals surface area contributed by atoms with E-state index in [-0.39, 0.29) is 25.9 Å². The van der Waals surface area contributed by atoms with Crippen LogP contribution in [-0.4, -0.2) is 89.2 Å². The van der Waals surface area contributed by atoms with Gasteiger partial charge >= 0.3 is 23.9 Å². The summed E-state index contributed by atoms with van der Waals surface area (Å²) in [6.07, 6.45) is 57.3. The summed E-state index contributed by atoms with van der Waals surface area (Å²) in [6, 6.07) is 0. The molecule has 0 amide bonds. The normalized spacial score (nSPS) is 19.2. The number of esters is 3. The number of aliphatic carboxylic acids is 1. The fourth-order valence-electron chi connectivity index (χ4n) is 7.44. The third-order valence-corrected chi connectivity index (χ3v) is 11.7. The van der Waals surface area contributed by atoms with Gasteiger partial charge in [0.15, 0.2) is 24.6 Å². The fraction of sp³-hybridized carbons (Fsp3) is 0.587. The topological polar surface area (TPSA) is 175 Å². The van der Waals surface area contributed by atoms with Crippen LogP contribution >= 0.6 is 0 Å². The lowest BCUT2D eigenvalue weighted by Crippen LogP contribution is -2.61. The number of carbonyl (C=O) groups is 4. The smallest absolute Gasteiger partial charge is 0.335 e. The van der Waals surface area contributed by atoms with E-state index in [9.17, 15) is 34.5 Å². The van der Waals surface area contributed by atoms with E-state index < -0.39 is 67.3 Å². The summed E-state index contributed by atoms with van der Waals surface area (Å²) in [6.45, 7) is 5.57. The van der Waals surface area contributed by atoms with Gasteiger partial charge in [-0.25, -0.2) is 4.79 Å². The minimum Gasteiger partial charge on any atom is -0.479 e. The van der Waals surface area contributed by atoms with Crippen LogP contribution in [0.1, 0.15) is 188 Å². The predicted octanol–water partition coefficient (Wildman–Crippen LogP) is 14.2. The molecule has 0 bridgehead atoms. The lowest BCUT2D eigenvalue weighted by Gasteiger charge is -2.40. The maximum absolute atomic E-state index is 13.1. The van der Waals surface area contributed by atoms with Crippen molar-refractivity contribution in [3.8, 4) is 0 Å². The minimum absolute atomic E-state index is 0.0246. The van der Waals surface area contributed by atoms with Gasteiger partial charge in [-0.05, 0) is 116 Å². The minimum atomic E-state index is -1.93. The number of carboxylic acid groups (broad SMARTS) is 1. The molecule has 6 atom stereocenters. The number of hydrogen-bond donors (Lipinski definition) is 3. The number of aliphatic hydroxyl groups is 2. The van der Waals surface area contributed by atoms with Gasteiger partial charge in [-0.3, -0.25) is 14.4 Å². The Bertz CT molecular complexity index is 1810. The van der Waals surface area contributed by atoms with Crippen molar-refractivity contribution in [1.82, 2.24) is 0 Å². The Hall–Kier alpha value is -5.14. The van der Waals surface area contributed by atoms with Crippen LogP contribution in [0.2, 0.25) is 0 Å². The molecule has 75 heavy (non-hydrogen) atoms. The zero-order valence-electron chi connectivity index (χ0n) is 46.0. The van der Waals surface area contributed by atoms with Crippen molar-refractivity contribution < 1.29 is 58.2 Å². The molecule has 0 saturated carbocycles. The number of allylic oxidation sites excluding steroid dienone is 22. The predicted molar refractivity (Wildman–Crippen MR) is 303 cm³/mol. The molecular weight excluding hydrogens is 949 g/mol. The summed E-state index contributed by atoms with van der Waals surface area (Å²) in [4.78, 5) is 51.0. The van der Waals surface area contributed by atoms with Gasteiger partial charge in [0.25, 0.3) is 0 Å². The van der Waals surface area contributed by atoms with Gasteiger partial charge in [-0.15, -0.1) is 0 Å². The average Bonchev–Trinajstić information content (AvgIpc) is 3.39. The van der Waals surface area contributed by atoms with Gasteiger partial charge in [-0.1, -0.05) is 187 Å². The number of aliphatic hydroxyl groups excluding tert-OH is 2. The van der Waals surface area contributed by atoms with Crippen molar-refractivity contribution in [3.63, 3.8) is 0 Å². The van der Waals surface area contributed by atoms with Gasteiger partial charge in [-0.2, -0.15) is 0 Å². The van der Waals surface area contributed by atoms with Crippen LogP contribution in [0.25, 0.3) is 0 Å². The van der Waals surface area contributed by atoms with E-state index in [0.717, 1.165) is 122 Å². The van der Waals surface area contributed by atoms with Crippen molar-refractivity contribution in [1.29, 1.82) is 0 Å². The van der Waals surface area contributed by atoms with Crippen LogP contribution in [0, 0.1) is 0 Å². The highest BCUT2D eigenvalue weighted by atomic mass is 16.7. The summed E-state index contributed by atoms with van der Waals surface area (Å²) in [7, 11) is 0. The van der Waals surface area contributed by atoms with Crippen molar-refractivity contribution in [2.24, 2.45) is 0 Å². The van der Waals surface area contributed by atoms with Crippen molar-refractivity contribution in [2.75, 3.05) is 13.2 Å². The first-order valence-corrected chi connectivity index (χ1v) is 28.2. The second-order valence-corrected chi connectivity index (χ2v) is 18.4. The molecule has 1 saturated heterocycles. The highest BCUT2D eigenvalue weighted by molar-refractivity contribution is 5.74. The molecule has 1 aliphatic heterocycles. The number of ether oxygens (including phenoxy) is 5. The van der Waals surface area contributed by atoms with Crippen LogP contribution < -0.4 is 0 Å². The Morgan fingerprint density at radius 3 is 1.35 bits per heavy atom. The molecule has 3 N–H and O–H groups in total. The maximum Gasteiger partial charge on any atom is 0.335 e. The molecule has 12 heteroatoms. The summed E-state index contributed by atoms with van der Waals surface area (Å²) in [5.41, 5.74) is 0. The third-order valence-electron chi connectivity index (χ3n) is 11.7. The number of hydrogen-bond acceptors (Lipinski definition) is 11. The molecule has 1 fully saturated rings. The molecule has 0 spiro atoms. The van der Waals surface area contributed by atoms with Crippen molar-refractivity contribution in [3.05, 3.63) is 134 Å². The molecular formula is C63H96O12. The second-order valence-electron chi connectivity index (χ2n) is 18.4. The Labute approximate surface area is 451 Å². The van der Waals surface area contributed by atoms with Crippen molar-refractivity contribution >= 4 is 23.9 Å². The van der Waals surface area contributed by atoms with E-state index in [1.807, 2.05) is 12.2 Å². The van der Waals surface area contributed by atoms with Crippen LogP contribution in [0.5, 0.6) is 0 Å². The first-order valence-electron chi connectivity index (χ1n) is 28.2. The first kappa shape index (κ1) is 67.9. The van der Waals surface area contributed by atoms with Gasteiger partial charge in [0.1, 0.15) is 18.8 Å². The van der Waals surface area contributed by atoms with Crippen LogP contribution in [0.4, 0.5) is 0 Å². The highest BCUT2D eigenvalue weighted by Crippen LogP contribution is 2.26. The van der Waals surface area contributed by atoms with Crippen molar-refractivity contribution in [2.45, 2.75) is 225 Å². The molecule has 0 aromatic heterocycles. The molecule has 1 heterocycles. The summed E-state index contributed by atoms with van der Waals surface area (Å²) < 4.78 is 28.2. The number of carbonyl (C=O) groups excluding carboxylic acids is 3. The van der Waals surface area contributed by atoms with E-state index in [1.165, 1.54) is 0 Å². The van der Waals surface area contributed by atoms with Gasteiger partial charge in [0.2, 0.25) is 0 Å². The SMILES string of the molecule is CC/C=C\C/C=C\C/C=C\C/C=C\C/C=C\CCCCCC(=O)OCC(COC1OC(C(=O)O)C(O)C(O)C1OC(=O)CCCCCCC/C=C\C/C=C\CCC)OC(=O)CC/C=C\C/C=C\C/C=C\C/C=C\CC. The largest absolute Gasteiger partial charge is 0.479 e. The molecule has 1 aliphatic rings. The molecule has 0 aliphatic carbocycles. The number of unbranched alkanes of at least 4 members (excludes halogenated alkanes) is 9. The van der Waals surface area contributed by atoms with Gasteiger partial charge < -0.3 is 39.0 Å². The Morgan fingerprint density at radius 2 is 0.867 bits per heavy atom. The second kappa shape index (κ2) is 49.7. The monoisotopic (exact) mass is 1040 g/mol. The zero-order chi connectivity index (χ0) is 54.7. The standard InChI is InChI=1S/C63H96O12/c1-4-7-10-13-16-19-22-25-26-27-28-29-30-33-34-37-40-43-46-49-55(64)71-52-54(73-56(65)50-47-44-41-38-35-31-23-20-17-14-11-8-5-2)53-72-63-61(59(68)58(67)60(75-63)62(69)70)74-57(66)51-48-45-42-39-36-32-24-21-18-15-12-9-6-3/h7-8,10-12,15-17,19-21,24-26,28-29,31,33-35,41,44,54,58-61,63,67-68H,4-6,9,13-14,18,22-23,27,30,32,36-40,42-43,45-53H2,1-3H3,(H,69,70)/b10-7-,11-8-,15-12-,19-16-,20-17-,24-21-,26-25-,29-28-,34-33-,35-31-,44-41-. The molecule has 1 rings (SSSR count).